The molecule has 0 aliphatic carbocycles. The van der Waals surface area contributed by atoms with Gasteiger partial charge in [0.15, 0.2) is 0 Å². The molecule has 0 saturated heterocycles. The third-order valence-corrected chi connectivity index (χ3v) is 3.31. The molecule has 0 aromatic carbocycles. The van der Waals surface area contributed by atoms with Gasteiger partial charge in [-0.3, -0.25) is 4.79 Å². The first kappa shape index (κ1) is 20.4. The van der Waals surface area contributed by atoms with Crippen LogP contribution >= 0.6 is 0 Å². The summed E-state index contributed by atoms with van der Waals surface area (Å²) < 4.78 is 16.1. The van der Waals surface area contributed by atoms with Crippen LogP contribution < -0.4 is 0 Å². The van der Waals surface area contributed by atoms with Crippen LogP contribution in [0.4, 0.5) is 0 Å². The number of esters is 1. The summed E-state index contributed by atoms with van der Waals surface area (Å²) in [4.78, 5) is 11.9. The summed E-state index contributed by atoms with van der Waals surface area (Å²) in [5, 5.41) is 0. The van der Waals surface area contributed by atoms with Crippen LogP contribution in [0, 0.1) is 17.8 Å². The van der Waals surface area contributed by atoms with Gasteiger partial charge in [0.25, 0.3) is 0 Å². The summed E-state index contributed by atoms with van der Waals surface area (Å²) in [6, 6.07) is 0. The van der Waals surface area contributed by atoms with Gasteiger partial charge in [-0.05, 0) is 44.9 Å². The smallest absolute Gasteiger partial charge is 0.306 e. The van der Waals surface area contributed by atoms with Gasteiger partial charge < -0.3 is 14.2 Å². The summed E-state index contributed by atoms with van der Waals surface area (Å²) in [5.41, 5.74) is -0.412. The first-order valence-electron chi connectivity index (χ1n) is 7.89. The highest BCUT2D eigenvalue weighted by atomic mass is 16.7. The van der Waals surface area contributed by atoms with Crippen LogP contribution in [0.25, 0.3) is 0 Å². The van der Waals surface area contributed by atoms with E-state index in [1.165, 1.54) is 0 Å². The highest BCUT2D eigenvalue weighted by Crippen LogP contribution is 2.25. The zero-order valence-corrected chi connectivity index (χ0v) is 15.1. The standard InChI is InChI=1S/C17H34O4/c1-12(2)16(20-11-19-8)14(4)9-13(3)10-15(18)21-17(5,6)7/h12-14,16H,9-11H2,1-8H3/t13-,14+,16-/m1/s1. The first-order valence-corrected chi connectivity index (χ1v) is 7.89. The molecule has 0 fully saturated rings. The second kappa shape index (κ2) is 9.42. The molecular formula is C17H34O4. The van der Waals surface area contributed by atoms with Crippen molar-refractivity contribution in [3.8, 4) is 0 Å². The quantitative estimate of drug-likeness (QED) is 0.476. The molecule has 0 rings (SSSR count). The van der Waals surface area contributed by atoms with Crippen LogP contribution in [0.5, 0.6) is 0 Å². The molecule has 0 aromatic heterocycles. The van der Waals surface area contributed by atoms with Crippen LogP contribution in [-0.4, -0.2) is 31.6 Å². The molecule has 0 aliphatic rings. The molecule has 0 unspecified atom stereocenters. The lowest BCUT2D eigenvalue weighted by atomic mass is 9.86. The van der Waals surface area contributed by atoms with Crippen LogP contribution in [0.2, 0.25) is 0 Å². The number of carbonyl (C=O) groups is 1. The van der Waals surface area contributed by atoms with Crippen molar-refractivity contribution in [1.82, 2.24) is 0 Å². The fraction of sp³-hybridized carbons (Fsp3) is 0.941. The van der Waals surface area contributed by atoms with E-state index in [2.05, 4.69) is 27.7 Å². The Bertz CT molecular complexity index is 294. The summed E-state index contributed by atoms with van der Waals surface area (Å²) in [7, 11) is 1.63. The zero-order valence-electron chi connectivity index (χ0n) is 15.1. The Kier molecular flexibility index (Phi) is 9.14. The Morgan fingerprint density at radius 2 is 1.67 bits per heavy atom. The Morgan fingerprint density at radius 3 is 2.10 bits per heavy atom. The highest BCUT2D eigenvalue weighted by molar-refractivity contribution is 5.70. The maximum Gasteiger partial charge on any atom is 0.306 e. The van der Waals surface area contributed by atoms with E-state index >= 15 is 0 Å². The van der Waals surface area contributed by atoms with E-state index in [4.69, 9.17) is 14.2 Å². The van der Waals surface area contributed by atoms with Crippen molar-refractivity contribution in [1.29, 1.82) is 0 Å². The molecule has 4 heteroatoms. The van der Waals surface area contributed by atoms with E-state index in [1.54, 1.807) is 7.11 Å². The average molecular weight is 302 g/mol. The van der Waals surface area contributed by atoms with Crippen LogP contribution in [0.15, 0.2) is 0 Å². The second-order valence-electron chi connectivity index (χ2n) is 7.39. The maximum absolute atomic E-state index is 11.9. The SMILES string of the molecule is COCO[C@H](C(C)C)[C@@H](C)C[C@@H](C)CC(=O)OC(C)(C)C. The second-order valence-corrected chi connectivity index (χ2v) is 7.39. The molecule has 0 radical (unpaired) electrons. The van der Waals surface area contributed by atoms with Gasteiger partial charge in [-0.1, -0.05) is 27.7 Å². The van der Waals surface area contributed by atoms with Gasteiger partial charge in [0.1, 0.15) is 12.4 Å². The fourth-order valence-electron chi connectivity index (χ4n) is 2.68. The highest BCUT2D eigenvalue weighted by Gasteiger charge is 2.25. The topological polar surface area (TPSA) is 44.8 Å². The van der Waals surface area contributed by atoms with Crippen molar-refractivity contribution in [2.24, 2.45) is 17.8 Å². The largest absolute Gasteiger partial charge is 0.460 e. The normalized spacial score (nSPS) is 16.6. The minimum Gasteiger partial charge on any atom is -0.460 e. The molecule has 0 heterocycles. The van der Waals surface area contributed by atoms with Gasteiger partial charge >= 0.3 is 5.97 Å². The number of methoxy groups -OCH3 is 1. The molecule has 0 bridgehead atoms. The minimum atomic E-state index is -0.412. The third-order valence-electron chi connectivity index (χ3n) is 3.31. The molecule has 0 saturated carbocycles. The molecule has 4 nitrogen and oxygen atoms in total. The number of rotatable bonds is 9. The number of hydrogen-bond donors (Lipinski definition) is 0. The van der Waals surface area contributed by atoms with Crippen molar-refractivity contribution in [2.45, 2.75) is 73.0 Å². The van der Waals surface area contributed by atoms with Crippen LogP contribution in [-0.2, 0) is 19.0 Å². The Labute approximate surface area is 130 Å². The monoisotopic (exact) mass is 302 g/mol. The summed E-state index contributed by atoms with van der Waals surface area (Å²) in [6.07, 6.45) is 1.54. The van der Waals surface area contributed by atoms with E-state index in [0.717, 1.165) is 6.42 Å². The number of ether oxygens (including phenoxy) is 3. The number of carbonyl (C=O) groups excluding carboxylic acids is 1. The number of hydrogen-bond acceptors (Lipinski definition) is 4. The van der Waals surface area contributed by atoms with Crippen LogP contribution in [0.3, 0.4) is 0 Å². The molecule has 0 amide bonds. The lowest BCUT2D eigenvalue weighted by Crippen LogP contribution is -2.30. The first-order chi connectivity index (χ1) is 9.56. The van der Waals surface area contributed by atoms with E-state index in [-0.39, 0.29) is 18.0 Å². The average Bonchev–Trinajstić information content (AvgIpc) is 2.25. The third kappa shape index (κ3) is 9.86. The Hall–Kier alpha value is -0.610. The van der Waals surface area contributed by atoms with Gasteiger partial charge in [-0.15, -0.1) is 0 Å². The van der Waals surface area contributed by atoms with E-state index in [0.29, 0.717) is 25.0 Å². The maximum atomic E-state index is 11.9. The van der Waals surface area contributed by atoms with Crippen molar-refractivity contribution in [3.05, 3.63) is 0 Å². The lowest BCUT2D eigenvalue weighted by molar-refractivity contribution is -0.156. The predicted molar refractivity (Wildman–Crippen MR) is 85.0 cm³/mol. The molecule has 0 spiro atoms. The van der Waals surface area contributed by atoms with Crippen molar-refractivity contribution in [3.63, 3.8) is 0 Å². The van der Waals surface area contributed by atoms with Gasteiger partial charge in [0.05, 0.1) is 6.10 Å². The van der Waals surface area contributed by atoms with Gasteiger partial charge in [0, 0.05) is 13.5 Å². The van der Waals surface area contributed by atoms with Gasteiger partial charge in [-0.2, -0.15) is 0 Å². The van der Waals surface area contributed by atoms with Crippen molar-refractivity contribution >= 4 is 5.97 Å². The zero-order chi connectivity index (χ0) is 16.6. The summed E-state index contributed by atoms with van der Waals surface area (Å²) in [6.45, 7) is 14.6. The Morgan fingerprint density at radius 1 is 1.10 bits per heavy atom. The van der Waals surface area contributed by atoms with Gasteiger partial charge in [-0.25, -0.2) is 0 Å². The molecule has 3 atom stereocenters. The van der Waals surface area contributed by atoms with Crippen LogP contribution in [0.1, 0.15) is 61.3 Å². The van der Waals surface area contributed by atoms with Crippen molar-refractivity contribution in [2.75, 3.05) is 13.9 Å². The molecule has 126 valence electrons. The summed E-state index contributed by atoms with van der Waals surface area (Å²) >= 11 is 0. The molecule has 21 heavy (non-hydrogen) atoms. The van der Waals surface area contributed by atoms with Gasteiger partial charge in [0.2, 0.25) is 0 Å². The fourth-order valence-corrected chi connectivity index (χ4v) is 2.68. The van der Waals surface area contributed by atoms with Crippen molar-refractivity contribution < 1.29 is 19.0 Å². The Balaban J connectivity index is 4.33. The molecular weight excluding hydrogens is 268 g/mol. The van der Waals surface area contributed by atoms with E-state index in [9.17, 15) is 4.79 Å². The molecule has 0 aliphatic heterocycles. The predicted octanol–water partition coefficient (Wildman–Crippen LogP) is 4.03. The van der Waals surface area contributed by atoms with E-state index < -0.39 is 5.60 Å². The minimum absolute atomic E-state index is 0.124. The molecule has 0 aromatic rings. The lowest BCUT2D eigenvalue weighted by Gasteiger charge is -2.29. The van der Waals surface area contributed by atoms with E-state index in [1.807, 2.05) is 20.8 Å². The molecule has 0 N–H and O–H groups in total. The summed E-state index contributed by atoms with van der Waals surface area (Å²) in [5.74, 6) is 0.949.